The highest BCUT2D eigenvalue weighted by Crippen LogP contribution is 2.19. The van der Waals surface area contributed by atoms with Crippen LogP contribution in [0.2, 0.25) is 0 Å². The minimum Gasteiger partial charge on any atom is -0.471 e. The number of nitrogens with zero attached hydrogens (tertiary/aromatic N) is 3. The van der Waals surface area contributed by atoms with Crippen molar-refractivity contribution in [3.63, 3.8) is 0 Å². The molecule has 136 valence electrons. The van der Waals surface area contributed by atoms with Crippen LogP contribution in [0.25, 0.3) is 0 Å². The molecule has 0 N–H and O–H groups in total. The van der Waals surface area contributed by atoms with E-state index in [0.29, 0.717) is 30.3 Å². The number of rotatable bonds is 4. The van der Waals surface area contributed by atoms with Gasteiger partial charge >= 0.3 is 5.97 Å². The Kier molecular flexibility index (Phi) is 5.46. The molecule has 1 aromatic heterocycles. The van der Waals surface area contributed by atoms with E-state index in [-0.39, 0.29) is 18.0 Å². The fourth-order valence-corrected chi connectivity index (χ4v) is 2.85. The Morgan fingerprint density at radius 3 is 2.54 bits per heavy atom. The summed E-state index contributed by atoms with van der Waals surface area (Å²) in [6.07, 6.45) is 1.62. The first-order valence-corrected chi connectivity index (χ1v) is 8.56. The smallest absolute Gasteiger partial charge is 0.308 e. The van der Waals surface area contributed by atoms with Gasteiger partial charge in [-0.1, -0.05) is 0 Å². The molecule has 1 aliphatic rings. The van der Waals surface area contributed by atoms with Crippen molar-refractivity contribution in [3.05, 3.63) is 47.7 Å². The number of carbonyl (C=O) groups is 2. The predicted octanol–water partition coefficient (Wildman–Crippen LogP) is 2.39. The summed E-state index contributed by atoms with van der Waals surface area (Å²) < 4.78 is 10.9. The fourth-order valence-electron chi connectivity index (χ4n) is 2.85. The Labute approximate surface area is 151 Å². The molecule has 1 fully saturated rings. The number of hydrogen-bond donors (Lipinski definition) is 0. The lowest BCUT2D eigenvalue weighted by molar-refractivity contribution is -0.131. The summed E-state index contributed by atoms with van der Waals surface area (Å²) in [4.78, 5) is 25.4. The predicted molar refractivity (Wildman–Crippen MR) is 94.1 cm³/mol. The second kappa shape index (κ2) is 7.95. The van der Waals surface area contributed by atoms with Gasteiger partial charge in [-0.3, -0.25) is 9.59 Å². The lowest BCUT2D eigenvalue weighted by Gasteiger charge is -2.32. The van der Waals surface area contributed by atoms with E-state index >= 15 is 0 Å². The van der Waals surface area contributed by atoms with E-state index in [1.165, 1.54) is 6.92 Å². The molecule has 7 heteroatoms. The maximum absolute atomic E-state index is 12.7. The number of carbonyl (C=O) groups excluding carboxylic acids is 2. The van der Waals surface area contributed by atoms with E-state index in [4.69, 9.17) is 9.47 Å². The van der Waals surface area contributed by atoms with Crippen molar-refractivity contribution in [2.24, 2.45) is 0 Å². The minimum atomic E-state index is -0.390. The number of amides is 1. The Morgan fingerprint density at radius 1 is 1.12 bits per heavy atom. The van der Waals surface area contributed by atoms with Gasteiger partial charge in [0.1, 0.15) is 11.9 Å². The van der Waals surface area contributed by atoms with Crippen molar-refractivity contribution in [2.75, 3.05) is 13.1 Å². The summed E-state index contributed by atoms with van der Waals surface area (Å²) >= 11 is 0. The van der Waals surface area contributed by atoms with E-state index in [9.17, 15) is 9.59 Å². The van der Waals surface area contributed by atoms with E-state index in [2.05, 4.69) is 10.2 Å². The third-order valence-electron chi connectivity index (χ3n) is 4.09. The number of hydrogen-bond acceptors (Lipinski definition) is 6. The van der Waals surface area contributed by atoms with Crippen molar-refractivity contribution >= 4 is 11.9 Å². The van der Waals surface area contributed by atoms with Crippen LogP contribution in [-0.2, 0) is 4.79 Å². The van der Waals surface area contributed by atoms with Crippen LogP contribution in [0.5, 0.6) is 11.6 Å². The van der Waals surface area contributed by atoms with Crippen molar-refractivity contribution in [1.29, 1.82) is 0 Å². The monoisotopic (exact) mass is 355 g/mol. The Morgan fingerprint density at radius 2 is 1.88 bits per heavy atom. The molecule has 2 heterocycles. The van der Waals surface area contributed by atoms with Crippen molar-refractivity contribution in [3.8, 4) is 11.6 Å². The Hall–Kier alpha value is -2.96. The number of ether oxygens (including phenoxy) is 2. The minimum absolute atomic E-state index is 0.0670. The molecule has 3 rings (SSSR count). The van der Waals surface area contributed by atoms with E-state index in [1.807, 2.05) is 13.0 Å². The van der Waals surface area contributed by atoms with Crippen molar-refractivity contribution in [2.45, 2.75) is 32.8 Å². The lowest BCUT2D eigenvalue weighted by atomic mass is 10.1. The van der Waals surface area contributed by atoms with Crippen LogP contribution in [0.4, 0.5) is 0 Å². The normalized spacial score (nSPS) is 16.8. The van der Waals surface area contributed by atoms with E-state index < -0.39 is 0 Å². The zero-order valence-corrected chi connectivity index (χ0v) is 14.8. The summed E-state index contributed by atoms with van der Waals surface area (Å²) in [5, 5.41) is 8.00. The van der Waals surface area contributed by atoms with Crippen LogP contribution < -0.4 is 9.47 Å². The molecule has 1 aliphatic heterocycles. The summed E-state index contributed by atoms with van der Waals surface area (Å²) in [5.41, 5.74) is 1.38. The number of aromatic nitrogens is 2. The fraction of sp³-hybridized carbons (Fsp3) is 0.368. The van der Waals surface area contributed by atoms with Crippen LogP contribution >= 0.6 is 0 Å². The summed E-state index contributed by atoms with van der Waals surface area (Å²) in [6.45, 7) is 4.39. The third kappa shape index (κ3) is 4.56. The zero-order valence-electron chi connectivity index (χ0n) is 14.8. The molecule has 0 radical (unpaired) electrons. The summed E-state index contributed by atoms with van der Waals surface area (Å²) in [7, 11) is 0. The van der Waals surface area contributed by atoms with Crippen LogP contribution in [0.3, 0.4) is 0 Å². The molecule has 2 aromatic rings. The molecule has 1 amide bonds. The quantitative estimate of drug-likeness (QED) is 0.619. The summed E-state index contributed by atoms with van der Waals surface area (Å²) in [6, 6.07) is 10.2. The molecule has 7 nitrogen and oxygen atoms in total. The molecule has 1 saturated heterocycles. The second-order valence-corrected chi connectivity index (χ2v) is 6.26. The molecular weight excluding hydrogens is 334 g/mol. The van der Waals surface area contributed by atoms with Gasteiger partial charge in [0.05, 0.1) is 12.2 Å². The second-order valence-electron chi connectivity index (χ2n) is 6.26. The van der Waals surface area contributed by atoms with Gasteiger partial charge < -0.3 is 14.4 Å². The SMILES string of the molecule is CC(=O)Oc1ccc(C(=O)N2CCCC(Oc3ccc(C)nn3)C2)cc1. The summed E-state index contributed by atoms with van der Waals surface area (Å²) in [5.74, 6) is 0.439. The molecule has 0 saturated carbocycles. The molecule has 1 aromatic carbocycles. The van der Waals surface area contributed by atoms with Crippen molar-refractivity contribution in [1.82, 2.24) is 15.1 Å². The maximum Gasteiger partial charge on any atom is 0.308 e. The highest BCUT2D eigenvalue weighted by atomic mass is 16.5. The van der Waals surface area contributed by atoms with Crippen LogP contribution in [0, 0.1) is 6.92 Å². The number of benzene rings is 1. The number of piperidine rings is 1. The van der Waals surface area contributed by atoms with Gasteiger partial charge in [0.15, 0.2) is 0 Å². The number of esters is 1. The van der Waals surface area contributed by atoms with Gasteiger partial charge in [0.25, 0.3) is 5.91 Å². The number of aryl methyl sites for hydroxylation is 1. The van der Waals surface area contributed by atoms with Gasteiger partial charge in [-0.2, -0.15) is 5.10 Å². The average Bonchev–Trinajstić information content (AvgIpc) is 2.63. The molecule has 1 unspecified atom stereocenters. The largest absolute Gasteiger partial charge is 0.471 e. The molecule has 0 spiro atoms. The van der Waals surface area contributed by atoms with Gasteiger partial charge in [0, 0.05) is 25.1 Å². The lowest BCUT2D eigenvalue weighted by Crippen LogP contribution is -2.44. The first kappa shape index (κ1) is 17.8. The van der Waals surface area contributed by atoms with Crippen molar-refractivity contribution < 1.29 is 19.1 Å². The first-order valence-electron chi connectivity index (χ1n) is 8.56. The molecular formula is C19H21N3O4. The van der Waals surface area contributed by atoms with E-state index in [0.717, 1.165) is 18.5 Å². The highest BCUT2D eigenvalue weighted by molar-refractivity contribution is 5.94. The third-order valence-corrected chi connectivity index (χ3v) is 4.09. The standard InChI is InChI=1S/C19H21N3O4/c1-13-5-10-18(21-20-13)26-17-4-3-11-22(12-17)19(24)15-6-8-16(9-7-15)25-14(2)23/h5-10,17H,3-4,11-12H2,1-2H3. The van der Waals surface area contributed by atoms with Gasteiger partial charge in [-0.25, -0.2) is 0 Å². The van der Waals surface area contributed by atoms with Gasteiger partial charge in [-0.05, 0) is 50.1 Å². The maximum atomic E-state index is 12.7. The Bertz CT molecular complexity index is 774. The number of likely N-dealkylation sites (tertiary alicyclic amines) is 1. The van der Waals surface area contributed by atoms with Crippen LogP contribution in [-0.4, -0.2) is 46.2 Å². The first-order chi connectivity index (χ1) is 12.5. The van der Waals surface area contributed by atoms with Crippen LogP contribution in [0.15, 0.2) is 36.4 Å². The van der Waals surface area contributed by atoms with Gasteiger partial charge in [-0.15, -0.1) is 5.10 Å². The molecule has 0 aliphatic carbocycles. The topological polar surface area (TPSA) is 81.6 Å². The van der Waals surface area contributed by atoms with Gasteiger partial charge in [0.2, 0.25) is 5.88 Å². The Balaban J connectivity index is 1.62. The highest BCUT2D eigenvalue weighted by Gasteiger charge is 2.26. The molecule has 1 atom stereocenters. The van der Waals surface area contributed by atoms with Crippen LogP contribution in [0.1, 0.15) is 35.8 Å². The zero-order chi connectivity index (χ0) is 18.5. The average molecular weight is 355 g/mol. The molecule has 0 bridgehead atoms. The molecule has 26 heavy (non-hydrogen) atoms. The van der Waals surface area contributed by atoms with E-state index in [1.54, 1.807) is 35.2 Å².